The third kappa shape index (κ3) is 5.21. The van der Waals surface area contributed by atoms with Gasteiger partial charge in [-0.05, 0) is 80.7 Å². The zero-order chi connectivity index (χ0) is 24.2. The maximum absolute atomic E-state index is 13.3. The molecule has 1 aliphatic heterocycles. The van der Waals surface area contributed by atoms with Crippen LogP contribution in [0.3, 0.4) is 0 Å². The molecule has 0 N–H and O–H groups in total. The molecule has 0 spiro atoms. The summed E-state index contributed by atoms with van der Waals surface area (Å²) in [6.45, 7) is 5.71. The van der Waals surface area contributed by atoms with E-state index in [1.54, 1.807) is 0 Å². The Morgan fingerprint density at radius 2 is 2.00 bits per heavy atom. The highest BCUT2D eigenvalue weighted by atomic mass is 16.5. The van der Waals surface area contributed by atoms with Crippen LogP contribution in [0.4, 0.5) is 0 Å². The predicted octanol–water partition coefficient (Wildman–Crippen LogP) is 5.90. The number of aryl methyl sites for hydroxylation is 2. The highest BCUT2D eigenvalue weighted by molar-refractivity contribution is 5.94. The molecule has 1 fully saturated rings. The molecule has 1 amide bonds. The molecule has 5 rings (SSSR count). The van der Waals surface area contributed by atoms with Gasteiger partial charge in [-0.1, -0.05) is 29.4 Å². The second kappa shape index (κ2) is 10.3. The maximum Gasteiger partial charge on any atom is 0.253 e. The summed E-state index contributed by atoms with van der Waals surface area (Å²) in [5.41, 5.74) is 3.79. The van der Waals surface area contributed by atoms with E-state index >= 15 is 0 Å². The Morgan fingerprint density at radius 3 is 2.86 bits per heavy atom. The molecule has 180 valence electrons. The van der Waals surface area contributed by atoms with E-state index in [0.29, 0.717) is 23.8 Å². The summed E-state index contributed by atoms with van der Waals surface area (Å²) in [6, 6.07) is 16.0. The van der Waals surface area contributed by atoms with E-state index < -0.39 is 0 Å². The van der Waals surface area contributed by atoms with Crippen molar-refractivity contribution in [3.63, 3.8) is 0 Å². The van der Waals surface area contributed by atoms with E-state index in [1.165, 1.54) is 16.3 Å². The zero-order valence-electron chi connectivity index (χ0n) is 20.4. The van der Waals surface area contributed by atoms with Crippen LogP contribution in [0.25, 0.3) is 10.8 Å². The topological polar surface area (TPSA) is 68.5 Å². The minimum atomic E-state index is 0.0720. The van der Waals surface area contributed by atoms with Crippen LogP contribution in [0.15, 0.2) is 65.4 Å². The number of pyridine rings is 1. The van der Waals surface area contributed by atoms with Crippen LogP contribution in [0.1, 0.15) is 52.2 Å². The summed E-state index contributed by atoms with van der Waals surface area (Å²) in [5.74, 6) is 2.06. The summed E-state index contributed by atoms with van der Waals surface area (Å²) < 4.78 is 11.2. The SMILES string of the molecule is Cc1noc(C)c1COc1cccc(C(=O)N2CCCC(Cc3cccc4ccncc34)CC2)c1. The van der Waals surface area contributed by atoms with Gasteiger partial charge in [-0.15, -0.1) is 0 Å². The minimum absolute atomic E-state index is 0.0720. The Balaban J connectivity index is 1.22. The van der Waals surface area contributed by atoms with Gasteiger partial charge in [-0.25, -0.2) is 0 Å². The van der Waals surface area contributed by atoms with Crippen molar-refractivity contribution >= 4 is 16.7 Å². The van der Waals surface area contributed by atoms with Gasteiger partial charge >= 0.3 is 0 Å². The molecule has 0 aliphatic carbocycles. The first kappa shape index (κ1) is 23.1. The van der Waals surface area contributed by atoms with E-state index in [4.69, 9.17) is 9.26 Å². The fraction of sp³-hybridized carbons (Fsp3) is 0.345. The van der Waals surface area contributed by atoms with Crippen LogP contribution in [-0.2, 0) is 13.0 Å². The Kier molecular flexibility index (Phi) is 6.80. The van der Waals surface area contributed by atoms with Crippen LogP contribution in [0, 0.1) is 19.8 Å². The Labute approximate surface area is 205 Å². The smallest absolute Gasteiger partial charge is 0.253 e. The molecule has 4 aromatic rings. The molecule has 3 heterocycles. The second-order valence-corrected chi connectivity index (χ2v) is 9.43. The zero-order valence-corrected chi connectivity index (χ0v) is 20.4. The number of ether oxygens (including phenoxy) is 1. The summed E-state index contributed by atoms with van der Waals surface area (Å²) in [6.07, 6.45) is 7.99. The normalized spacial score (nSPS) is 16.3. The van der Waals surface area contributed by atoms with Gasteiger partial charge in [-0.3, -0.25) is 9.78 Å². The lowest BCUT2D eigenvalue weighted by atomic mass is 9.91. The second-order valence-electron chi connectivity index (χ2n) is 9.43. The number of aromatic nitrogens is 2. The molecule has 1 unspecified atom stereocenters. The van der Waals surface area contributed by atoms with E-state index in [0.717, 1.165) is 55.8 Å². The molecule has 0 bridgehead atoms. The molecule has 1 aliphatic rings. The number of rotatable bonds is 6. The van der Waals surface area contributed by atoms with Crippen molar-refractivity contribution in [2.75, 3.05) is 13.1 Å². The summed E-state index contributed by atoms with van der Waals surface area (Å²) in [5, 5.41) is 6.44. The minimum Gasteiger partial charge on any atom is -0.489 e. The number of benzene rings is 2. The lowest BCUT2D eigenvalue weighted by Gasteiger charge is -2.21. The number of carbonyl (C=O) groups excluding carboxylic acids is 1. The van der Waals surface area contributed by atoms with Crippen molar-refractivity contribution in [3.05, 3.63) is 89.1 Å². The molecule has 1 atom stereocenters. The fourth-order valence-corrected chi connectivity index (χ4v) is 5.00. The molecule has 2 aromatic carbocycles. The van der Waals surface area contributed by atoms with Gasteiger partial charge in [0.05, 0.1) is 11.3 Å². The Morgan fingerprint density at radius 1 is 1.11 bits per heavy atom. The highest BCUT2D eigenvalue weighted by Gasteiger charge is 2.23. The molecule has 0 saturated carbocycles. The van der Waals surface area contributed by atoms with Crippen LogP contribution >= 0.6 is 0 Å². The molecule has 1 saturated heterocycles. The quantitative estimate of drug-likeness (QED) is 0.351. The number of likely N-dealkylation sites (tertiary alicyclic amines) is 1. The average Bonchev–Trinajstić information content (AvgIpc) is 3.06. The van der Waals surface area contributed by atoms with Crippen molar-refractivity contribution in [1.82, 2.24) is 15.0 Å². The van der Waals surface area contributed by atoms with Gasteiger partial charge in [0.15, 0.2) is 0 Å². The van der Waals surface area contributed by atoms with Gasteiger partial charge < -0.3 is 14.2 Å². The van der Waals surface area contributed by atoms with Crippen LogP contribution in [0.5, 0.6) is 5.75 Å². The lowest BCUT2D eigenvalue weighted by molar-refractivity contribution is 0.0759. The number of amides is 1. The average molecular weight is 470 g/mol. The van der Waals surface area contributed by atoms with Gasteiger partial charge in [0.2, 0.25) is 0 Å². The third-order valence-corrected chi connectivity index (χ3v) is 7.06. The van der Waals surface area contributed by atoms with Gasteiger partial charge in [0.1, 0.15) is 18.1 Å². The van der Waals surface area contributed by atoms with Crippen molar-refractivity contribution in [2.24, 2.45) is 5.92 Å². The number of hydrogen-bond donors (Lipinski definition) is 0. The molecule has 6 heteroatoms. The first-order valence-electron chi connectivity index (χ1n) is 12.3. The molecule has 6 nitrogen and oxygen atoms in total. The van der Waals surface area contributed by atoms with Crippen molar-refractivity contribution in [1.29, 1.82) is 0 Å². The van der Waals surface area contributed by atoms with Crippen LogP contribution in [-0.4, -0.2) is 34.0 Å². The monoisotopic (exact) mass is 469 g/mol. The molecule has 35 heavy (non-hydrogen) atoms. The third-order valence-electron chi connectivity index (χ3n) is 7.06. The predicted molar refractivity (Wildman–Crippen MR) is 135 cm³/mol. The van der Waals surface area contributed by atoms with Crippen molar-refractivity contribution in [2.45, 2.75) is 46.1 Å². The van der Waals surface area contributed by atoms with Crippen molar-refractivity contribution < 1.29 is 14.1 Å². The van der Waals surface area contributed by atoms with Gasteiger partial charge in [-0.2, -0.15) is 0 Å². The van der Waals surface area contributed by atoms with E-state index in [9.17, 15) is 4.79 Å². The van der Waals surface area contributed by atoms with Crippen LogP contribution in [0.2, 0.25) is 0 Å². The van der Waals surface area contributed by atoms with E-state index in [2.05, 4.69) is 34.4 Å². The van der Waals surface area contributed by atoms with Gasteiger partial charge in [0.25, 0.3) is 5.91 Å². The molecule has 0 radical (unpaired) electrons. The lowest BCUT2D eigenvalue weighted by Crippen LogP contribution is -2.32. The first-order chi connectivity index (χ1) is 17.1. The first-order valence-corrected chi connectivity index (χ1v) is 12.3. The number of hydrogen-bond acceptors (Lipinski definition) is 5. The summed E-state index contributed by atoms with van der Waals surface area (Å²) in [7, 11) is 0. The van der Waals surface area contributed by atoms with E-state index in [1.807, 2.05) is 55.4 Å². The number of fused-ring (bicyclic) bond motifs is 1. The fourth-order valence-electron chi connectivity index (χ4n) is 5.00. The van der Waals surface area contributed by atoms with Gasteiger partial charge in [0, 0.05) is 36.4 Å². The maximum atomic E-state index is 13.3. The standard InChI is InChI=1S/C29H31N3O3/c1-20-28(21(2)35-31-20)19-34-26-10-4-9-25(17-26)29(33)32-14-5-6-22(12-15-32)16-24-8-3-7-23-11-13-30-18-27(23)24/h3-4,7-11,13,17-18,22H,5-6,12,14-16,19H2,1-2H3. The largest absolute Gasteiger partial charge is 0.489 e. The van der Waals surface area contributed by atoms with Crippen LogP contribution < -0.4 is 4.74 Å². The molecule has 2 aromatic heterocycles. The summed E-state index contributed by atoms with van der Waals surface area (Å²) in [4.78, 5) is 19.6. The van der Waals surface area contributed by atoms with E-state index in [-0.39, 0.29) is 5.91 Å². The summed E-state index contributed by atoms with van der Waals surface area (Å²) >= 11 is 0. The molecular weight excluding hydrogens is 438 g/mol. The van der Waals surface area contributed by atoms with Crippen molar-refractivity contribution in [3.8, 4) is 5.75 Å². The highest BCUT2D eigenvalue weighted by Crippen LogP contribution is 2.27. The Hall–Kier alpha value is -3.67. The number of carbonyl (C=O) groups is 1. The molecular formula is C29H31N3O3. The Bertz CT molecular complexity index is 1310. The number of nitrogens with zero attached hydrogens (tertiary/aromatic N) is 3.